The molecule has 0 amide bonds. The Balaban J connectivity index is 1.60. The van der Waals surface area contributed by atoms with E-state index in [2.05, 4.69) is 41.0 Å². The molecule has 2 heterocycles. The molecule has 0 saturated carbocycles. The molecule has 0 radical (unpaired) electrons. The molecular weight excluding hydrogens is 360 g/mol. The molecule has 4 nitrogen and oxygen atoms in total. The van der Waals surface area contributed by atoms with Crippen molar-refractivity contribution < 1.29 is 9.47 Å². The highest BCUT2D eigenvalue weighted by molar-refractivity contribution is 6.30. The van der Waals surface area contributed by atoms with Crippen LogP contribution < -0.4 is 9.64 Å². The minimum atomic E-state index is 0.0898. The first-order valence-electron chi connectivity index (χ1n) is 9.72. The minimum Gasteiger partial charge on any atom is -0.497 e. The van der Waals surface area contributed by atoms with Crippen LogP contribution in [0.4, 0.5) is 5.69 Å². The first-order chi connectivity index (χ1) is 13.2. The summed E-state index contributed by atoms with van der Waals surface area (Å²) < 4.78 is 11.6. The van der Waals surface area contributed by atoms with Gasteiger partial charge in [0.05, 0.1) is 25.9 Å². The van der Waals surface area contributed by atoms with Crippen LogP contribution in [0.25, 0.3) is 0 Å². The quantitative estimate of drug-likeness (QED) is 0.787. The van der Waals surface area contributed by atoms with Crippen molar-refractivity contribution in [3.8, 4) is 5.75 Å². The number of nitrogens with zero attached hydrogens (tertiary/aromatic N) is 2. The largest absolute Gasteiger partial charge is 0.497 e. The molecule has 144 valence electrons. The molecule has 2 atom stereocenters. The topological polar surface area (TPSA) is 24.9 Å². The molecule has 0 bridgehead atoms. The van der Waals surface area contributed by atoms with Crippen molar-refractivity contribution >= 4 is 17.3 Å². The van der Waals surface area contributed by atoms with Gasteiger partial charge in [-0.15, -0.1) is 0 Å². The van der Waals surface area contributed by atoms with E-state index >= 15 is 0 Å². The number of methoxy groups -OCH3 is 1. The Morgan fingerprint density at radius 3 is 2.70 bits per heavy atom. The summed E-state index contributed by atoms with van der Waals surface area (Å²) in [6, 6.07) is 14.9. The maximum atomic E-state index is 6.31. The van der Waals surface area contributed by atoms with Gasteiger partial charge in [0.1, 0.15) is 5.75 Å². The fraction of sp³-hybridized carbons (Fsp3) is 0.455. The second-order valence-corrected chi connectivity index (χ2v) is 7.66. The Bertz CT molecular complexity index is 780. The summed E-state index contributed by atoms with van der Waals surface area (Å²) in [4.78, 5) is 5.01. The number of hydrogen-bond acceptors (Lipinski definition) is 4. The Kier molecular flexibility index (Phi) is 5.58. The summed E-state index contributed by atoms with van der Waals surface area (Å²) in [6.07, 6.45) is 1.03. The standard InChI is InChI=1S/C22H27ClN2O2/c1-3-24-11-12-25(18-5-7-19(26-2)8-6-18)15-21(24)22-20-9-4-17(23)14-16(20)10-13-27-22/h4-9,14,21-22H,3,10-13,15H2,1-2H3. The number of fused-ring (bicyclic) bond motifs is 1. The monoisotopic (exact) mass is 386 g/mol. The zero-order valence-corrected chi connectivity index (χ0v) is 16.8. The summed E-state index contributed by atoms with van der Waals surface area (Å²) in [6.45, 7) is 7.04. The number of ether oxygens (including phenoxy) is 2. The number of benzene rings is 2. The van der Waals surface area contributed by atoms with Gasteiger partial charge in [-0.1, -0.05) is 24.6 Å². The summed E-state index contributed by atoms with van der Waals surface area (Å²) in [5.74, 6) is 0.893. The van der Waals surface area contributed by atoms with Crippen LogP contribution in [0.15, 0.2) is 42.5 Å². The number of hydrogen-bond donors (Lipinski definition) is 0. The Morgan fingerprint density at radius 2 is 1.96 bits per heavy atom. The van der Waals surface area contributed by atoms with E-state index in [1.165, 1.54) is 16.8 Å². The maximum absolute atomic E-state index is 6.31. The van der Waals surface area contributed by atoms with Crippen LogP contribution in [0, 0.1) is 0 Å². The average molecular weight is 387 g/mol. The zero-order chi connectivity index (χ0) is 18.8. The molecule has 0 spiro atoms. The molecule has 2 aromatic rings. The fourth-order valence-electron chi connectivity index (χ4n) is 4.33. The van der Waals surface area contributed by atoms with E-state index < -0.39 is 0 Å². The number of likely N-dealkylation sites (N-methyl/N-ethyl adjacent to an activating group) is 1. The summed E-state index contributed by atoms with van der Waals surface area (Å²) >= 11 is 6.22. The lowest BCUT2D eigenvalue weighted by Crippen LogP contribution is -2.56. The van der Waals surface area contributed by atoms with Crippen LogP contribution in [0.3, 0.4) is 0 Å². The van der Waals surface area contributed by atoms with Crippen molar-refractivity contribution in [3.05, 3.63) is 58.6 Å². The SMILES string of the molecule is CCN1CCN(c2ccc(OC)cc2)CC1C1OCCc2cc(Cl)ccc21. The molecule has 1 saturated heterocycles. The highest BCUT2D eigenvalue weighted by atomic mass is 35.5. The molecule has 4 rings (SSSR count). The van der Waals surface area contributed by atoms with Crippen LogP contribution in [-0.4, -0.2) is 50.8 Å². The Hall–Kier alpha value is -1.75. The second-order valence-electron chi connectivity index (χ2n) is 7.22. The van der Waals surface area contributed by atoms with Gasteiger partial charge in [-0.25, -0.2) is 0 Å². The molecule has 0 aromatic heterocycles. The lowest BCUT2D eigenvalue weighted by molar-refractivity contribution is -0.0265. The van der Waals surface area contributed by atoms with Crippen LogP contribution in [0.5, 0.6) is 5.75 Å². The second kappa shape index (κ2) is 8.09. The lowest BCUT2D eigenvalue weighted by Gasteiger charge is -2.46. The fourth-order valence-corrected chi connectivity index (χ4v) is 4.52. The van der Waals surface area contributed by atoms with Crippen LogP contribution in [-0.2, 0) is 11.2 Å². The van der Waals surface area contributed by atoms with Crippen molar-refractivity contribution in [3.63, 3.8) is 0 Å². The van der Waals surface area contributed by atoms with E-state index in [4.69, 9.17) is 21.1 Å². The minimum absolute atomic E-state index is 0.0898. The summed E-state index contributed by atoms with van der Waals surface area (Å²) in [7, 11) is 1.70. The van der Waals surface area contributed by atoms with Gasteiger partial charge < -0.3 is 14.4 Å². The lowest BCUT2D eigenvalue weighted by atomic mass is 9.91. The molecule has 2 unspecified atom stereocenters. The van der Waals surface area contributed by atoms with Crippen molar-refractivity contribution in [1.29, 1.82) is 0 Å². The Labute approximate surface area is 166 Å². The number of anilines is 1. The number of halogens is 1. The highest BCUT2D eigenvalue weighted by Crippen LogP contribution is 2.35. The molecule has 0 N–H and O–H groups in total. The molecule has 0 aliphatic carbocycles. The van der Waals surface area contributed by atoms with Gasteiger partial charge in [0.15, 0.2) is 0 Å². The molecule has 2 aliphatic heterocycles. The smallest absolute Gasteiger partial charge is 0.119 e. The van der Waals surface area contributed by atoms with E-state index in [0.29, 0.717) is 6.04 Å². The summed E-state index contributed by atoms with van der Waals surface area (Å²) in [5, 5.41) is 0.810. The average Bonchev–Trinajstić information content (AvgIpc) is 2.72. The molecule has 2 aromatic carbocycles. The Morgan fingerprint density at radius 1 is 1.15 bits per heavy atom. The van der Waals surface area contributed by atoms with Gasteiger partial charge in [0, 0.05) is 30.3 Å². The van der Waals surface area contributed by atoms with E-state index in [1.54, 1.807) is 7.11 Å². The van der Waals surface area contributed by atoms with Crippen molar-refractivity contribution in [2.45, 2.75) is 25.5 Å². The third kappa shape index (κ3) is 3.79. The predicted octanol–water partition coefficient (Wildman–Crippen LogP) is 4.17. The highest BCUT2D eigenvalue weighted by Gasteiger charge is 2.36. The normalized spacial score (nSPS) is 23.1. The van der Waals surface area contributed by atoms with Gasteiger partial charge in [-0.2, -0.15) is 0 Å². The van der Waals surface area contributed by atoms with Gasteiger partial charge in [-0.05, 0) is 60.5 Å². The van der Waals surface area contributed by atoms with E-state index in [-0.39, 0.29) is 6.10 Å². The van der Waals surface area contributed by atoms with Crippen molar-refractivity contribution in [2.75, 3.05) is 44.8 Å². The van der Waals surface area contributed by atoms with Gasteiger partial charge in [0.2, 0.25) is 0 Å². The summed E-state index contributed by atoms with van der Waals surface area (Å²) in [5.41, 5.74) is 3.87. The molecular formula is C22H27ClN2O2. The molecule has 1 fully saturated rings. The van der Waals surface area contributed by atoms with Crippen molar-refractivity contribution in [2.24, 2.45) is 0 Å². The molecule has 27 heavy (non-hydrogen) atoms. The van der Waals surface area contributed by atoms with Crippen molar-refractivity contribution in [1.82, 2.24) is 4.90 Å². The predicted molar refractivity (Wildman–Crippen MR) is 110 cm³/mol. The van der Waals surface area contributed by atoms with E-state index in [9.17, 15) is 0 Å². The third-order valence-corrected chi connectivity index (χ3v) is 6.04. The van der Waals surface area contributed by atoms with E-state index in [1.807, 2.05) is 18.2 Å². The first-order valence-corrected chi connectivity index (χ1v) is 10.1. The molecule has 5 heteroatoms. The van der Waals surface area contributed by atoms with Gasteiger partial charge in [0.25, 0.3) is 0 Å². The number of rotatable bonds is 4. The molecule has 2 aliphatic rings. The van der Waals surface area contributed by atoms with Crippen LogP contribution in [0.2, 0.25) is 5.02 Å². The van der Waals surface area contributed by atoms with E-state index in [0.717, 1.165) is 50.0 Å². The first kappa shape index (κ1) is 18.6. The third-order valence-electron chi connectivity index (χ3n) is 5.81. The van der Waals surface area contributed by atoms with Gasteiger partial charge in [-0.3, -0.25) is 4.90 Å². The van der Waals surface area contributed by atoms with Crippen LogP contribution >= 0.6 is 11.6 Å². The van der Waals surface area contributed by atoms with Gasteiger partial charge >= 0.3 is 0 Å². The van der Waals surface area contributed by atoms with Crippen LogP contribution in [0.1, 0.15) is 24.2 Å². The maximum Gasteiger partial charge on any atom is 0.119 e. The number of piperazine rings is 1. The zero-order valence-electron chi connectivity index (χ0n) is 16.0.